The second-order valence-corrected chi connectivity index (χ2v) is 5.92. The lowest BCUT2D eigenvalue weighted by molar-refractivity contribution is 0.171. The molecule has 2 aromatic rings. The first kappa shape index (κ1) is 13.5. The van der Waals surface area contributed by atoms with Crippen LogP contribution in [0.3, 0.4) is 0 Å². The van der Waals surface area contributed by atoms with Crippen LogP contribution in [0.1, 0.15) is 5.56 Å². The molecule has 0 saturated carbocycles. The van der Waals surface area contributed by atoms with Gasteiger partial charge in [-0.05, 0) is 35.9 Å². The van der Waals surface area contributed by atoms with E-state index in [4.69, 9.17) is 26.8 Å². The molecule has 0 unspecified atom stereocenters. The maximum atomic E-state index is 6.22. The zero-order valence-electron chi connectivity index (χ0n) is 10.8. The fourth-order valence-corrected chi connectivity index (χ4v) is 3.20. The number of anilines is 1. The molecular weight excluding hydrogens is 294 g/mol. The van der Waals surface area contributed by atoms with Gasteiger partial charge in [0.25, 0.3) is 0 Å². The van der Waals surface area contributed by atoms with E-state index < -0.39 is 0 Å². The summed E-state index contributed by atoms with van der Waals surface area (Å²) >= 11 is 7.93. The smallest absolute Gasteiger partial charge is 0.179 e. The van der Waals surface area contributed by atoms with Crippen LogP contribution in [0.25, 0.3) is 0 Å². The van der Waals surface area contributed by atoms with Gasteiger partial charge in [0.2, 0.25) is 0 Å². The Morgan fingerprint density at radius 2 is 2.00 bits per heavy atom. The molecule has 0 radical (unpaired) electrons. The van der Waals surface area contributed by atoms with Gasteiger partial charge in [0.1, 0.15) is 13.2 Å². The molecule has 104 valence electrons. The summed E-state index contributed by atoms with van der Waals surface area (Å²) in [6, 6.07) is 11.7. The highest BCUT2D eigenvalue weighted by Crippen LogP contribution is 2.39. The lowest BCUT2D eigenvalue weighted by Crippen LogP contribution is -2.15. The summed E-state index contributed by atoms with van der Waals surface area (Å²) in [5.41, 5.74) is 7.65. The molecular formula is C15H14ClNO2S. The average Bonchev–Trinajstić information content (AvgIpc) is 2.45. The Bertz CT molecular complexity index is 633. The van der Waals surface area contributed by atoms with Crippen LogP contribution in [-0.4, -0.2) is 13.2 Å². The number of halogens is 1. The van der Waals surface area contributed by atoms with Gasteiger partial charge >= 0.3 is 0 Å². The summed E-state index contributed by atoms with van der Waals surface area (Å²) in [5.74, 6) is 2.18. The minimum absolute atomic E-state index is 0.546. The molecule has 2 aromatic carbocycles. The van der Waals surface area contributed by atoms with Crippen LogP contribution in [0.4, 0.5) is 5.69 Å². The van der Waals surface area contributed by atoms with Crippen molar-refractivity contribution >= 4 is 29.1 Å². The van der Waals surface area contributed by atoms with E-state index in [1.54, 1.807) is 11.8 Å². The SMILES string of the molecule is Nc1cccc(SCc2cc(Cl)c3c(c2)OCCO3)c1. The number of nitrogens with two attached hydrogens (primary N) is 1. The van der Waals surface area contributed by atoms with Gasteiger partial charge in [-0.2, -0.15) is 0 Å². The van der Waals surface area contributed by atoms with E-state index >= 15 is 0 Å². The molecule has 0 atom stereocenters. The molecule has 3 rings (SSSR count). The van der Waals surface area contributed by atoms with E-state index in [1.807, 2.05) is 36.4 Å². The van der Waals surface area contributed by atoms with Gasteiger partial charge in [-0.1, -0.05) is 17.7 Å². The normalized spacial score (nSPS) is 13.2. The van der Waals surface area contributed by atoms with Gasteiger partial charge in [0.05, 0.1) is 5.02 Å². The molecule has 0 aliphatic carbocycles. The number of benzene rings is 2. The van der Waals surface area contributed by atoms with E-state index in [1.165, 1.54) is 0 Å². The van der Waals surface area contributed by atoms with Crippen LogP contribution in [-0.2, 0) is 5.75 Å². The minimum Gasteiger partial charge on any atom is -0.486 e. The topological polar surface area (TPSA) is 44.5 Å². The Morgan fingerprint density at radius 3 is 2.85 bits per heavy atom. The van der Waals surface area contributed by atoms with Crippen molar-refractivity contribution in [3.8, 4) is 11.5 Å². The maximum Gasteiger partial charge on any atom is 0.179 e. The summed E-state index contributed by atoms with van der Waals surface area (Å²) in [4.78, 5) is 1.14. The number of nitrogen functional groups attached to an aromatic ring is 1. The molecule has 0 saturated heterocycles. The van der Waals surface area contributed by atoms with Gasteiger partial charge in [-0.15, -0.1) is 11.8 Å². The average molecular weight is 308 g/mol. The second kappa shape index (κ2) is 5.85. The van der Waals surface area contributed by atoms with Gasteiger partial charge in [0, 0.05) is 16.3 Å². The maximum absolute atomic E-state index is 6.22. The van der Waals surface area contributed by atoms with Crippen molar-refractivity contribution in [1.82, 2.24) is 0 Å². The zero-order valence-corrected chi connectivity index (χ0v) is 12.3. The van der Waals surface area contributed by atoms with E-state index in [0.717, 1.165) is 27.6 Å². The summed E-state index contributed by atoms with van der Waals surface area (Å²) in [6.45, 7) is 1.11. The van der Waals surface area contributed by atoms with Crippen molar-refractivity contribution in [2.24, 2.45) is 0 Å². The third-order valence-electron chi connectivity index (χ3n) is 2.92. The Kier molecular flexibility index (Phi) is 3.94. The van der Waals surface area contributed by atoms with Crippen LogP contribution in [0, 0.1) is 0 Å². The number of ether oxygens (including phenoxy) is 2. The van der Waals surface area contributed by atoms with E-state index in [-0.39, 0.29) is 0 Å². The number of thioether (sulfide) groups is 1. The molecule has 20 heavy (non-hydrogen) atoms. The van der Waals surface area contributed by atoms with Crippen molar-refractivity contribution in [2.45, 2.75) is 10.6 Å². The molecule has 1 aliphatic rings. The van der Waals surface area contributed by atoms with Gasteiger partial charge in [-0.25, -0.2) is 0 Å². The highest BCUT2D eigenvalue weighted by molar-refractivity contribution is 7.98. The summed E-state index contributed by atoms with van der Waals surface area (Å²) in [6.07, 6.45) is 0. The fraction of sp³-hybridized carbons (Fsp3) is 0.200. The lowest BCUT2D eigenvalue weighted by Gasteiger charge is -2.20. The van der Waals surface area contributed by atoms with Crippen LogP contribution in [0.15, 0.2) is 41.3 Å². The molecule has 3 nitrogen and oxygen atoms in total. The molecule has 5 heteroatoms. The molecule has 2 N–H and O–H groups in total. The third-order valence-corrected chi connectivity index (χ3v) is 4.27. The summed E-state index contributed by atoms with van der Waals surface area (Å²) in [7, 11) is 0. The predicted octanol–water partition coefficient (Wildman–Crippen LogP) is 3.99. The molecule has 0 bridgehead atoms. The highest BCUT2D eigenvalue weighted by Gasteiger charge is 2.16. The molecule has 0 spiro atoms. The molecule has 0 fully saturated rings. The largest absolute Gasteiger partial charge is 0.486 e. The van der Waals surface area contributed by atoms with Crippen molar-refractivity contribution in [2.75, 3.05) is 18.9 Å². The van der Waals surface area contributed by atoms with Crippen molar-refractivity contribution in [3.63, 3.8) is 0 Å². The molecule has 1 aliphatic heterocycles. The number of fused-ring (bicyclic) bond motifs is 1. The summed E-state index contributed by atoms with van der Waals surface area (Å²) in [5, 5.41) is 0.602. The predicted molar refractivity (Wildman–Crippen MR) is 82.9 cm³/mol. The lowest BCUT2D eigenvalue weighted by atomic mass is 10.2. The Labute approximate surface area is 127 Å². The van der Waals surface area contributed by atoms with Crippen molar-refractivity contribution in [1.29, 1.82) is 0 Å². The van der Waals surface area contributed by atoms with Gasteiger partial charge < -0.3 is 15.2 Å². The standard InChI is InChI=1S/C15H14ClNO2S/c16-13-6-10(7-14-15(13)19-5-4-18-14)9-20-12-3-1-2-11(17)8-12/h1-3,6-8H,4-5,9,17H2. The fourth-order valence-electron chi connectivity index (χ4n) is 2.02. The van der Waals surface area contributed by atoms with E-state index in [0.29, 0.717) is 24.0 Å². The van der Waals surface area contributed by atoms with Crippen LogP contribution >= 0.6 is 23.4 Å². The summed E-state index contributed by atoms with van der Waals surface area (Å²) < 4.78 is 11.1. The molecule has 1 heterocycles. The minimum atomic E-state index is 0.546. The first-order valence-corrected chi connectivity index (χ1v) is 7.65. The first-order chi connectivity index (χ1) is 9.72. The van der Waals surface area contributed by atoms with Crippen LogP contribution in [0.2, 0.25) is 5.02 Å². The number of hydrogen-bond acceptors (Lipinski definition) is 4. The van der Waals surface area contributed by atoms with Crippen LogP contribution < -0.4 is 15.2 Å². The van der Waals surface area contributed by atoms with Gasteiger partial charge in [0.15, 0.2) is 11.5 Å². The quantitative estimate of drug-likeness (QED) is 0.688. The Hall–Kier alpha value is -1.52. The van der Waals surface area contributed by atoms with Gasteiger partial charge in [-0.3, -0.25) is 0 Å². The second-order valence-electron chi connectivity index (χ2n) is 4.46. The Morgan fingerprint density at radius 1 is 1.15 bits per heavy atom. The third kappa shape index (κ3) is 2.97. The molecule has 0 aromatic heterocycles. The highest BCUT2D eigenvalue weighted by atomic mass is 35.5. The Balaban J connectivity index is 1.76. The van der Waals surface area contributed by atoms with E-state index in [9.17, 15) is 0 Å². The zero-order chi connectivity index (χ0) is 13.9. The number of rotatable bonds is 3. The van der Waals surface area contributed by atoms with Crippen molar-refractivity contribution < 1.29 is 9.47 Å². The monoisotopic (exact) mass is 307 g/mol. The molecule has 0 amide bonds. The van der Waals surface area contributed by atoms with Crippen molar-refractivity contribution in [3.05, 3.63) is 47.0 Å². The van der Waals surface area contributed by atoms with E-state index in [2.05, 4.69) is 0 Å². The number of hydrogen-bond donors (Lipinski definition) is 1. The first-order valence-electron chi connectivity index (χ1n) is 6.29. The van der Waals surface area contributed by atoms with Crippen LogP contribution in [0.5, 0.6) is 11.5 Å².